The molecule has 2 aliphatic rings. The Hall–Kier alpha value is -1.66. The minimum Gasteiger partial charge on any atom is -0.379 e. The van der Waals surface area contributed by atoms with Gasteiger partial charge in [0.25, 0.3) is 5.91 Å². The minimum absolute atomic E-state index is 0.381. The van der Waals surface area contributed by atoms with Gasteiger partial charge in [-0.2, -0.15) is 0 Å². The van der Waals surface area contributed by atoms with E-state index >= 15 is 0 Å². The smallest absolute Gasteiger partial charge is 0.252 e. The summed E-state index contributed by atoms with van der Waals surface area (Å²) in [5, 5.41) is 0. The Labute approximate surface area is 124 Å². The summed E-state index contributed by atoms with van der Waals surface area (Å²) in [6.07, 6.45) is 4.08. The van der Waals surface area contributed by atoms with Gasteiger partial charge in [-0.3, -0.25) is 9.69 Å². The molecule has 6 nitrogen and oxygen atoms in total. The lowest BCUT2D eigenvalue weighted by Crippen LogP contribution is -2.36. The summed E-state index contributed by atoms with van der Waals surface area (Å²) >= 11 is 0. The van der Waals surface area contributed by atoms with Crippen molar-refractivity contribution in [2.45, 2.75) is 19.4 Å². The van der Waals surface area contributed by atoms with Gasteiger partial charge < -0.3 is 15.4 Å². The average Bonchev–Trinajstić information content (AvgIpc) is 3.02. The number of amides is 1. The molecule has 21 heavy (non-hydrogen) atoms. The molecule has 1 amide bonds. The molecule has 1 aromatic rings. The van der Waals surface area contributed by atoms with Crippen molar-refractivity contribution < 1.29 is 9.53 Å². The van der Waals surface area contributed by atoms with Crippen LogP contribution in [0, 0.1) is 0 Å². The molecule has 0 unspecified atom stereocenters. The first kappa shape index (κ1) is 14.3. The molecule has 2 fully saturated rings. The van der Waals surface area contributed by atoms with Crippen LogP contribution in [0.1, 0.15) is 28.8 Å². The maximum absolute atomic E-state index is 12.0. The van der Waals surface area contributed by atoms with Gasteiger partial charge in [-0.15, -0.1) is 0 Å². The predicted octanol–water partition coefficient (Wildman–Crippen LogP) is 0.613. The van der Waals surface area contributed by atoms with E-state index in [1.165, 1.54) is 0 Å². The Morgan fingerprint density at radius 1 is 1.24 bits per heavy atom. The van der Waals surface area contributed by atoms with E-state index in [0.717, 1.165) is 70.2 Å². The first-order valence-corrected chi connectivity index (χ1v) is 7.58. The Kier molecular flexibility index (Phi) is 4.36. The van der Waals surface area contributed by atoms with Crippen LogP contribution in [0.3, 0.4) is 0 Å². The van der Waals surface area contributed by atoms with Crippen molar-refractivity contribution in [3.8, 4) is 0 Å². The van der Waals surface area contributed by atoms with Crippen molar-refractivity contribution in [1.29, 1.82) is 0 Å². The molecular formula is C15H22N4O2. The summed E-state index contributed by atoms with van der Waals surface area (Å²) in [4.78, 5) is 20.8. The van der Waals surface area contributed by atoms with Crippen molar-refractivity contribution >= 4 is 11.7 Å². The number of rotatable bonds is 4. The topological polar surface area (TPSA) is 71.7 Å². The molecule has 0 atom stereocenters. The van der Waals surface area contributed by atoms with Crippen LogP contribution in [-0.4, -0.2) is 55.2 Å². The predicted molar refractivity (Wildman–Crippen MR) is 80.3 cm³/mol. The molecule has 0 radical (unpaired) electrons. The average molecular weight is 290 g/mol. The van der Waals surface area contributed by atoms with Gasteiger partial charge in [0, 0.05) is 38.9 Å². The van der Waals surface area contributed by atoms with Crippen molar-refractivity contribution in [2.24, 2.45) is 5.73 Å². The number of ether oxygens (including phenoxy) is 1. The van der Waals surface area contributed by atoms with Crippen LogP contribution in [0.4, 0.5) is 5.82 Å². The number of anilines is 1. The number of nitrogens with zero attached hydrogens (tertiary/aromatic N) is 3. The zero-order valence-corrected chi connectivity index (χ0v) is 12.3. The summed E-state index contributed by atoms with van der Waals surface area (Å²) in [6.45, 7) is 5.90. The van der Waals surface area contributed by atoms with Crippen LogP contribution in [0.5, 0.6) is 0 Å². The second-order valence-corrected chi connectivity index (χ2v) is 5.62. The Balaban J connectivity index is 1.87. The van der Waals surface area contributed by atoms with Crippen LogP contribution in [0.15, 0.2) is 12.3 Å². The molecule has 0 aliphatic carbocycles. The van der Waals surface area contributed by atoms with Crippen molar-refractivity contribution in [3.63, 3.8) is 0 Å². The second kappa shape index (κ2) is 6.41. The van der Waals surface area contributed by atoms with E-state index in [4.69, 9.17) is 10.5 Å². The lowest BCUT2D eigenvalue weighted by molar-refractivity contribution is 0.0341. The zero-order valence-electron chi connectivity index (χ0n) is 12.3. The van der Waals surface area contributed by atoms with Gasteiger partial charge in [0.1, 0.15) is 5.82 Å². The molecule has 2 aliphatic heterocycles. The van der Waals surface area contributed by atoms with Gasteiger partial charge in [0.15, 0.2) is 0 Å². The number of hydrogen-bond donors (Lipinski definition) is 1. The van der Waals surface area contributed by atoms with Crippen LogP contribution >= 0.6 is 0 Å². The highest BCUT2D eigenvalue weighted by molar-refractivity contribution is 5.99. The monoisotopic (exact) mass is 290 g/mol. The fraction of sp³-hybridized carbons (Fsp3) is 0.600. The summed E-state index contributed by atoms with van der Waals surface area (Å²) in [5.74, 6) is 0.374. The molecule has 2 N–H and O–H groups in total. The molecule has 0 spiro atoms. The molecule has 3 rings (SSSR count). The Morgan fingerprint density at radius 2 is 1.95 bits per heavy atom. The van der Waals surface area contributed by atoms with Crippen molar-refractivity contribution in [3.05, 3.63) is 23.4 Å². The second-order valence-electron chi connectivity index (χ2n) is 5.62. The number of aromatic nitrogens is 1. The minimum atomic E-state index is -0.381. The maximum atomic E-state index is 12.0. The number of carbonyl (C=O) groups is 1. The van der Waals surface area contributed by atoms with Crippen LogP contribution in [0.2, 0.25) is 0 Å². The van der Waals surface area contributed by atoms with Crippen LogP contribution in [0.25, 0.3) is 0 Å². The third-order valence-corrected chi connectivity index (χ3v) is 4.17. The number of hydrogen-bond acceptors (Lipinski definition) is 5. The highest BCUT2D eigenvalue weighted by Gasteiger charge is 2.23. The van der Waals surface area contributed by atoms with Gasteiger partial charge in [-0.05, 0) is 24.5 Å². The summed E-state index contributed by atoms with van der Waals surface area (Å²) < 4.78 is 5.37. The van der Waals surface area contributed by atoms with E-state index in [-0.39, 0.29) is 5.91 Å². The van der Waals surface area contributed by atoms with Gasteiger partial charge in [-0.1, -0.05) is 0 Å². The number of nitrogens with two attached hydrogens (primary N) is 1. The quantitative estimate of drug-likeness (QED) is 0.880. The highest BCUT2D eigenvalue weighted by atomic mass is 16.5. The zero-order chi connectivity index (χ0) is 14.7. The van der Waals surface area contributed by atoms with Crippen LogP contribution in [-0.2, 0) is 11.3 Å². The SMILES string of the molecule is NC(=O)c1c(CN2CCOCC2)ccnc1N1CCCC1. The highest BCUT2D eigenvalue weighted by Crippen LogP contribution is 2.25. The molecule has 0 saturated carbocycles. The molecular weight excluding hydrogens is 268 g/mol. The maximum Gasteiger partial charge on any atom is 0.252 e. The summed E-state index contributed by atoms with van der Waals surface area (Å²) in [7, 11) is 0. The van der Waals surface area contributed by atoms with Crippen molar-refractivity contribution in [2.75, 3.05) is 44.3 Å². The molecule has 2 saturated heterocycles. The molecule has 0 aromatic carbocycles. The van der Waals surface area contributed by atoms with Crippen LogP contribution < -0.4 is 10.6 Å². The fourth-order valence-corrected chi connectivity index (χ4v) is 3.06. The largest absolute Gasteiger partial charge is 0.379 e. The molecule has 3 heterocycles. The number of pyridine rings is 1. The van der Waals surface area contributed by atoms with E-state index in [2.05, 4.69) is 14.8 Å². The van der Waals surface area contributed by atoms with E-state index in [0.29, 0.717) is 5.56 Å². The van der Waals surface area contributed by atoms with Gasteiger partial charge in [0.05, 0.1) is 18.8 Å². The normalized spacial score (nSPS) is 19.9. The summed E-state index contributed by atoms with van der Waals surface area (Å²) in [5.41, 5.74) is 7.20. The van der Waals surface area contributed by atoms with Crippen molar-refractivity contribution in [1.82, 2.24) is 9.88 Å². The van der Waals surface area contributed by atoms with E-state index in [1.807, 2.05) is 6.07 Å². The van der Waals surface area contributed by atoms with E-state index in [1.54, 1.807) is 6.20 Å². The fourth-order valence-electron chi connectivity index (χ4n) is 3.06. The first-order valence-electron chi connectivity index (χ1n) is 7.58. The first-order chi connectivity index (χ1) is 10.3. The lowest BCUT2D eigenvalue weighted by atomic mass is 10.1. The summed E-state index contributed by atoms with van der Waals surface area (Å²) in [6, 6.07) is 1.91. The van der Waals surface area contributed by atoms with Gasteiger partial charge >= 0.3 is 0 Å². The molecule has 1 aromatic heterocycles. The number of primary amides is 1. The Morgan fingerprint density at radius 3 is 2.62 bits per heavy atom. The number of carbonyl (C=O) groups excluding carboxylic acids is 1. The van der Waals surface area contributed by atoms with E-state index < -0.39 is 0 Å². The van der Waals surface area contributed by atoms with E-state index in [9.17, 15) is 4.79 Å². The third-order valence-electron chi connectivity index (χ3n) is 4.17. The lowest BCUT2D eigenvalue weighted by Gasteiger charge is -2.28. The Bertz CT molecular complexity index is 508. The van der Waals surface area contributed by atoms with Gasteiger partial charge in [0.2, 0.25) is 0 Å². The van der Waals surface area contributed by atoms with Gasteiger partial charge in [-0.25, -0.2) is 4.98 Å². The molecule has 0 bridgehead atoms. The molecule has 114 valence electrons. The standard InChI is InChI=1S/C15H22N4O2/c16-14(20)13-12(11-18-7-9-21-10-8-18)3-4-17-15(13)19-5-1-2-6-19/h3-4H,1-2,5-11H2,(H2,16,20). The number of morpholine rings is 1. The molecule has 6 heteroatoms. The third kappa shape index (κ3) is 3.16.